The first-order chi connectivity index (χ1) is 48.0. The second-order valence-electron chi connectivity index (χ2n) is 22.5. The summed E-state index contributed by atoms with van der Waals surface area (Å²) >= 11 is 0. The number of hydroxylamine groups is 4. The van der Waals surface area contributed by atoms with Crippen LogP contribution in [-0.2, 0) is 23.2 Å². The summed E-state index contributed by atoms with van der Waals surface area (Å²) < 4.78 is 77.8. The molecule has 31 heteroatoms. The largest absolute Gasteiger partial charge is 0.451 e. The monoisotopic (exact) mass is 1410 g/mol. The van der Waals surface area contributed by atoms with Gasteiger partial charge in [-0.3, -0.25) is 54.3 Å². The smallest absolute Gasteiger partial charge is 0.416 e. The van der Waals surface area contributed by atoms with Gasteiger partial charge in [-0.1, -0.05) is 108 Å². The number of amides is 8. The number of alkyl halides is 3. The summed E-state index contributed by atoms with van der Waals surface area (Å²) in [6.07, 6.45) is -2.99. The SMILES string of the molecule is CC(NS(=O)(=O)c1cccc(C(F)(F)F)c1)c1ccc(C(=O)NO)cc1.Cc1c(C(=O)N[C@H](C)c2cccc(C(=O)NO)c2)oc2ccccc12.Cc1nn(C)cc1C(=O)NC(C)c1cccc(C(=O)NO)c1.Cc1noc(-c2ccccc2)c1NC(=O)NC(C)c1ccc(C(=O)NO)cc1. The van der Waals surface area contributed by atoms with Gasteiger partial charge in [0.1, 0.15) is 17.0 Å². The molecule has 0 saturated carbocycles. The van der Waals surface area contributed by atoms with Gasteiger partial charge < -0.3 is 30.2 Å². The van der Waals surface area contributed by atoms with Crippen molar-refractivity contribution in [2.24, 2.45) is 7.05 Å². The van der Waals surface area contributed by atoms with Crippen molar-refractivity contribution >= 4 is 68.2 Å². The molecule has 0 spiro atoms. The fraction of sp³-hybridized carbons (Fsp3) is 0.186. The molecule has 0 bridgehead atoms. The number of nitrogens with one attached hydrogen (secondary N) is 9. The number of aromatic nitrogens is 3. The van der Waals surface area contributed by atoms with E-state index in [1.807, 2.05) is 82.3 Å². The van der Waals surface area contributed by atoms with Gasteiger partial charge in [-0.05, 0) is 144 Å². The van der Waals surface area contributed by atoms with Gasteiger partial charge >= 0.3 is 12.2 Å². The highest BCUT2D eigenvalue weighted by Gasteiger charge is 2.32. The van der Waals surface area contributed by atoms with Gasteiger partial charge in [-0.15, -0.1) is 0 Å². The predicted molar refractivity (Wildman–Crippen MR) is 361 cm³/mol. The van der Waals surface area contributed by atoms with E-state index in [1.54, 1.807) is 121 Å². The Labute approximate surface area is 576 Å². The average Bonchev–Trinajstić information content (AvgIpc) is 1.79. The van der Waals surface area contributed by atoms with Gasteiger partial charge in [0.15, 0.2) is 11.5 Å². The van der Waals surface area contributed by atoms with Gasteiger partial charge in [0.25, 0.3) is 35.4 Å². The number of hydrogen-bond donors (Lipinski definition) is 13. The number of carbonyl (C=O) groups excluding carboxylic acids is 7. The third-order valence-electron chi connectivity index (χ3n) is 15.3. The van der Waals surface area contributed by atoms with E-state index in [4.69, 9.17) is 29.8 Å². The summed E-state index contributed by atoms with van der Waals surface area (Å²) in [5.41, 5.74) is 13.5. The van der Waals surface area contributed by atoms with E-state index in [-0.39, 0.29) is 41.3 Å². The lowest BCUT2D eigenvalue weighted by atomic mass is 10.0. The van der Waals surface area contributed by atoms with Crippen LogP contribution in [0.3, 0.4) is 0 Å². The lowest BCUT2D eigenvalue weighted by molar-refractivity contribution is -0.137. The van der Waals surface area contributed by atoms with Gasteiger partial charge in [0.2, 0.25) is 10.0 Å². The third kappa shape index (κ3) is 20.4. The summed E-state index contributed by atoms with van der Waals surface area (Å²) in [4.78, 5) is 82.3. The summed E-state index contributed by atoms with van der Waals surface area (Å²) in [5, 5.41) is 55.0. The molecule has 0 fully saturated rings. The zero-order valence-corrected chi connectivity index (χ0v) is 56.1. The number of urea groups is 1. The van der Waals surface area contributed by atoms with E-state index < -0.39 is 62.4 Å². The lowest BCUT2D eigenvalue weighted by Gasteiger charge is -2.16. The van der Waals surface area contributed by atoms with Crippen LogP contribution in [0.1, 0.15) is 159 Å². The fourth-order valence-corrected chi connectivity index (χ4v) is 11.1. The maximum Gasteiger partial charge on any atom is 0.416 e. The van der Waals surface area contributed by atoms with Crippen molar-refractivity contribution in [3.8, 4) is 11.3 Å². The Hall–Kier alpha value is -11.9. The first-order valence-electron chi connectivity index (χ1n) is 30.5. The van der Waals surface area contributed by atoms with Crippen molar-refractivity contribution in [2.45, 2.75) is 83.7 Å². The minimum atomic E-state index is -4.65. The van der Waals surface area contributed by atoms with E-state index in [1.165, 1.54) is 36.7 Å². The maximum absolute atomic E-state index is 12.8. The summed E-state index contributed by atoms with van der Waals surface area (Å²) in [7, 11) is -2.44. The summed E-state index contributed by atoms with van der Waals surface area (Å²) in [6.45, 7) is 12.3. The average molecular weight is 1410 g/mol. The van der Waals surface area contributed by atoms with Gasteiger partial charge in [0.05, 0.1) is 39.8 Å². The summed E-state index contributed by atoms with van der Waals surface area (Å²) in [6, 6.07) is 43.7. The number of para-hydroxylation sites is 1. The molecule has 8 amide bonds. The van der Waals surface area contributed by atoms with Crippen molar-refractivity contribution in [2.75, 3.05) is 5.32 Å². The number of furan rings is 1. The molecule has 4 atom stereocenters. The molecule has 0 aliphatic heterocycles. The van der Waals surface area contributed by atoms with E-state index >= 15 is 0 Å². The molecule has 10 aromatic rings. The lowest BCUT2D eigenvalue weighted by Crippen LogP contribution is -2.31. The van der Waals surface area contributed by atoms with Crippen molar-refractivity contribution < 1.29 is 84.9 Å². The number of aryl methyl sites for hydroxylation is 4. The van der Waals surface area contributed by atoms with Crippen LogP contribution in [0.15, 0.2) is 196 Å². The van der Waals surface area contributed by atoms with E-state index in [0.29, 0.717) is 62.3 Å². The molecule has 7 aromatic carbocycles. The van der Waals surface area contributed by atoms with Crippen LogP contribution in [0, 0.1) is 20.8 Å². The van der Waals surface area contributed by atoms with Crippen LogP contribution in [0.25, 0.3) is 22.3 Å². The van der Waals surface area contributed by atoms with E-state index in [9.17, 15) is 55.2 Å². The number of benzene rings is 7. The molecule has 13 N–H and O–H groups in total. The third-order valence-corrected chi connectivity index (χ3v) is 16.9. The number of carbonyl (C=O) groups is 7. The van der Waals surface area contributed by atoms with Crippen LogP contribution in [-0.4, -0.2) is 85.7 Å². The molecule has 101 heavy (non-hydrogen) atoms. The molecule has 3 aromatic heterocycles. The van der Waals surface area contributed by atoms with Gasteiger partial charge in [-0.25, -0.2) is 39.9 Å². The number of nitrogens with zero attached hydrogens (tertiary/aromatic N) is 3. The Morgan fingerprint density at radius 1 is 0.515 bits per heavy atom. The van der Waals surface area contributed by atoms with Crippen molar-refractivity contribution in [3.63, 3.8) is 0 Å². The maximum atomic E-state index is 12.8. The standard InChI is InChI=1S/C20H20N4O4.C19H18N2O4.C16H15F3N2O4S.C15H18N4O3/c1-12(14-8-10-16(11-9-14)19(25)23-27)21-20(26)22-17-13(2)24-28-18(17)15-6-4-3-5-7-15;1-11-15-8-3-4-9-16(15)25-17(11)19(23)20-12(2)13-6-5-7-14(10-13)18(22)21-24;1-10(11-5-7-12(8-6-11)15(22)20-23)21-26(24,25)14-4-2-3-13(9-14)16(17,18)19;1-9(11-5-4-6-12(7-11)14(20)18-22)16-15(21)13-8-19(3)17-10(13)2/h3-12,27H,1-2H3,(H,23,25)(H2,21,22,26);3-10,12,24H,1-2H3,(H,20,23)(H,21,22);2-10,21,23H,1H3,(H,20,22);4-9,22H,1-3H3,(H,16,21)(H,18,20)/t;12-;;/m.1../s1. The second-order valence-corrected chi connectivity index (χ2v) is 24.2. The van der Waals surface area contributed by atoms with Crippen molar-refractivity contribution in [3.05, 3.63) is 260 Å². The van der Waals surface area contributed by atoms with Gasteiger partial charge in [0, 0.05) is 58.1 Å². The van der Waals surface area contributed by atoms with Crippen LogP contribution in [0.4, 0.5) is 23.7 Å². The van der Waals surface area contributed by atoms with Crippen LogP contribution in [0.5, 0.6) is 0 Å². The number of rotatable bonds is 18. The zero-order valence-electron chi connectivity index (χ0n) is 55.3. The highest BCUT2D eigenvalue weighted by molar-refractivity contribution is 7.89. The van der Waals surface area contributed by atoms with Crippen molar-refractivity contribution in [1.82, 2.24) is 57.5 Å². The molecule has 0 aliphatic carbocycles. The molecular formula is C70H71F3N12O15S. The quantitative estimate of drug-likeness (QED) is 0.0280. The highest BCUT2D eigenvalue weighted by atomic mass is 32.2. The van der Waals surface area contributed by atoms with E-state index in [0.717, 1.165) is 51.4 Å². The highest BCUT2D eigenvalue weighted by Crippen LogP contribution is 2.33. The topological polar surface area (TPSA) is 400 Å². The normalized spacial score (nSPS) is 12.1. The van der Waals surface area contributed by atoms with Crippen LogP contribution in [0.2, 0.25) is 0 Å². The molecule has 0 saturated heterocycles. The van der Waals surface area contributed by atoms with Crippen molar-refractivity contribution in [1.29, 1.82) is 0 Å². The molecule has 528 valence electrons. The minimum Gasteiger partial charge on any atom is -0.451 e. The molecule has 0 radical (unpaired) electrons. The number of hydrogen-bond acceptors (Lipinski definition) is 17. The molecule has 3 heterocycles. The predicted octanol–water partition coefficient (Wildman–Crippen LogP) is 11.2. The number of anilines is 1. The van der Waals surface area contributed by atoms with Crippen LogP contribution < -0.4 is 47.9 Å². The molecule has 27 nitrogen and oxygen atoms in total. The Morgan fingerprint density at radius 3 is 1.50 bits per heavy atom. The Morgan fingerprint density at radius 2 is 1.00 bits per heavy atom. The van der Waals surface area contributed by atoms with Gasteiger partial charge in [-0.2, -0.15) is 18.3 Å². The second kappa shape index (κ2) is 34.6. The zero-order chi connectivity index (χ0) is 73.9. The first-order valence-corrected chi connectivity index (χ1v) is 32.0. The first kappa shape index (κ1) is 76.5. The number of fused-ring (bicyclic) bond motifs is 1. The minimum absolute atomic E-state index is 0.157. The van der Waals surface area contributed by atoms with Crippen LogP contribution >= 0.6 is 0 Å². The Bertz CT molecular complexity index is 4700. The number of sulfonamides is 1. The Kier molecular flexibility index (Phi) is 26.2. The summed E-state index contributed by atoms with van der Waals surface area (Å²) in [5.74, 6) is -2.31. The molecule has 3 unspecified atom stereocenters. The molecular weight excluding hydrogens is 1340 g/mol. The number of halogens is 3. The molecule has 0 aliphatic rings. The molecule has 10 rings (SSSR count). The van der Waals surface area contributed by atoms with E-state index in [2.05, 4.69) is 36.2 Å². The Balaban J connectivity index is 0.000000190. The fourth-order valence-electron chi connectivity index (χ4n) is 9.86.